The van der Waals surface area contributed by atoms with Crippen molar-refractivity contribution in [3.05, 3.63) is 29.6 Å². The predicted octanol–water partition coefficient (Wildman–Crippen LogP) is 1.63. The van der Waals surface area contributed by atoms with Gasteiger partial charge < -0.3 is 14.4 Å². The summed E-state index contributed by atoms with van der Waals surface area (Å²) in [5.74, 6) is 1.69. The topological polar surface area (TPSA) is 98.7 Å². The van der Waals surface area contributed by atoms with Crippen molar-refractivity contribution in [2.24, 2.45) is 5.92 Å². The molecule has 8 nitrogen and oxygen atoms in total. The fourth-order valence-corrected chi connectivity index (χ4v) is 2.93. The second-order valence-corrected chi connectivity index (χ2v) is 5.84. The molecule has 3 aromatic heterocycles. The normalized spacial score (nSPS) is 17.2. The molecule has 118 valence electrons. The van der Waals surface area contributed by atoms with Gasteiger partial charge >= 0.3 is 0 Å². The number of fused-ring (bicyclic) bond motifs is 2. The third kappa shape index (κ3) is 2.36. The van der Waals surface area contributed by atoms with Crippen LogP contribution in [0.3, 0.4) is 0 Å². The molecule has 0 saturated carbocycles. The van der Waals surface area contributed by atoms with Gasteiger partial charge in [0.05, 0.1) is 28.9 Å². The zero-order valence-electron chi connectivity index (χ0n) is 12.9. The summed E-state index contributed by atoms with van der Waals surface area (Å²) in [5.41, 5.74) is 1.88. The zero-order valence-corrected chi connectivity index (χ0v) is 12.9. The first-order valence-electron chi connectivity index (χ1n) is 7.53. The lowest BCUT2D eigenvalue weighted by Crippen LogP contribution is -2.31. The molecule has 4 rings (SSSR count). The van der Waals surface area contributed by atoms with Crippen molar-refractivity contribution in [2.45, 2.75) is 33.2 Å². The molecule has 0 radical (unpaired) electrons. The monoisotopic (exact) mass is 312 g/mol. The summed E-state index contributed by atoms with van der Waals surface area (Å²) in [7, 11) is 0. The highest BCUT2D eigenvalue weighted by atomic mass is 16.5. The molecule has 1 aliphatic rings. The summed E-state index contributed by atoms with van der Waals surface area (Å²) in [6.45, 7) is 4.36. The molecule has 0 aromatic carbocycles. The quantitative estimate of drug-likeness (QED) is 0.772. The summed E-state index contributed by atoms with van der Waals surface area (Å²) in [4.78, 5) is 16.7. The Balaban J connectivity index is 1.53. The Hall–Kier alpha value is -2.77. The van der Waals surface area contributed by atoms with Gasteiger partial charge in [0.25, 0.3) is 5.71 Å². The van der Waals surface area contributed by atoms with E-state index in [1.165, 1.54) is 0 Å². The Morgan fingerprint density at radius 2 is 2.26 bits per heavy atom. The first kappa shape index (κ1) is 13.9. The van der Waals surface area contributed by atoms with E-state index in [4.69, 9.17) is 4.52 Å². The molecule has 3 aromatic rings. The van der Waals surface area contributed by atoms with E-state index in [0.717, 1.165) is 35.6 Å². The predicted molar refractivity (Wildman–Crippen MR) is 81.7 cm³/mol. The second kappa shape index (κ2) is 5.15. The van der Waals surface area contributed by atoms with E-state index in [0.29, 0.717) is 17.9 Å². The fourth-order valence-electron chi connectivity index (χ4n) is 2.93. The first-order valence-corrected chi connectivity index (χ1v) is 7.53. The third-order valence-corrected chi connectivity index (χ3v) is 4.28. The van der Waals surface area contributed by atoms with Crippen molar-refractivity contribution in [1.82, 2.24) is 24.9 Å². The lowest BCUT2D eigenvalue weighted by molar-refractivity contribution is -0.120. The molecule has 4 heterocycles. The molecular formula is C15H16N6O2. The van der Waals surface area contributed by atoms with Crippen molar-refractivity contribution >= 4 is 22.7 Å². The molecule has 23 heavy (non-hydrogen) atoms. The van der Waals surface area contributed by atoms with Crippen molar-refractivity contribution in [3.63, 3.8) is 0 Å². The van der Waals surface area contributed by atoms with Crippen molar-refractivity contribution in [2.75, 3.05) is 5.32 Å². The van der Waals surface area contributed by atoms with E-state index in [1.807, 2.05) is 24.5 Å². The Bertz CT molecular complexity index is 897. The number of nitrogens with one attached hydrogen (secondary N) is 1. The highest BCUT2D eigenvalue weighted by Gasteiger charge is 2.27. The van der Waals surface area contributed by atoms with Gasteiger partial charge in [-0.3, -0.25) is 4.79 Å². The van der Waals surface area contributed by atoms with E-state index in [1.54, 1.807) is 6.20 Å². The van der Waals surface area contributed by atoms with Crippen LogP contribution >= 0.6 is 0 Å². The Kier molecular flexibility index (Phi) is 3.10. The van der Waals surface area contributed by atoms with Gasteiger partial charge in [-0.2, -0.15) is 0 Å². The number of amides is 1. The van der Waals surface area contributed by atoms with Crippen molar-refractivity contribution in [3.8, 4) is 0 Å². The van der Waals surface area contributed by atoms with Crippen LogP contribution in [0, 0.1) is 19.8 Å². The summed E-state index contributed by atoms with van der Waals surface area (Å²) in [6.07, 6.45) is 3.12. The Morgan fingerprint density at radius 3 is 3.13 bits per heavy atom. The Labute approximate surface area is 131 Å². The third-order valence-electron chi connectivity index (χ3n) is 4.28. The van der Waals surface area contributed by atoms with Crippen LogP contribution < -0.4 is 5.32 Å². The minimum atomic E-state index is -0.100. The minimum absolute atomic E-state index is 0.0148. The van der Waals surface area contributed by atoms with Crippen LogP contribution in [0.4, 0.5) is 5.69 Å². The Morgan fingerprint density at radius 1 is 1.39 bits per heavy atom. The maximum Gasteiger partial charge on any atom is 0.258 e. The first-order chi connectivity index (χ1) is 11.1. The number of rotatable bonds is 2. The highest BCUT2D eigenvalue weighted by molar-refractivity contribution is 5.94. The molecule has 0 spiro atoms. The van der Waals surface area contributed by atoms with E-state index >= 15 is 0 Å². The molecular weight excluding hydrogens is 296 g/mol. The van der Waals surface area contributed by atoms with E-state index in [2.05, 4.69) is 25.7 Å². The van der Waals surface area contributed by atoms with Gasteiger partial charge in [-0.25, -0.2) is 4.98 Å². The van der Waals surface area contributed by atoms with Crippen LogP contribution in [0.2, 0.25) is 0 Å². The standard InChI is InChI=1S/C15H16N6O2/c1-8-12-5-11(6-16-15(12)23-20-8)17-14(22)10-3-4-13-19-18-9(2)21(13)7-10/h5-6,10H,3-4,7H2,1-2H3,(H,17,22)/t10-/m1/s1. The van der Waals surface area contributed by atoms with Crippen LogP contribution in [0.15, 0.2) is 16.8 Å². The van der Waals surface area contributed by atoms with Crippen LogP contribution in [0.25, 0.3) is 11.1 Å². The van der Waals surface area contributed by atoms with Crippen molar-refractivity contribution in [1.29, 1.82) is 0 Å². The van der Waals surface area contributed by atoms with Crippen LogP contribution in [-0.4, -0.2) is 30.8 Å². The number of nitrogens with zero attached hydrogens (tertiary/aromatic N) is 5. The molecule has 0 fully saturated rings. The molecule has 1 atom stereocenters. The summed E-state index contributed by atoms with van der Waals surface area (Å²) < 4.78 is 7.09. The number of hydrogen-bond acceptors (Lipinski definition) is 6. The summed E-state index contributed by atoms with van der Waals surface area (Å²) in [6, 6.07) is 1.84. The van der Waals surface area contributed by atoms with E-state index in [9.17, 15) is 4.79 Å². The smallest absolute Gasteiger partial charge is 0.258 e. The molecule has 0 saturated heterocycles. The van der Waals surface area contributed by atoms with Crippen LogP contribution in [0.1, 0.15) is 23.8 Å². The number of aromatic nitrogens is 5. The number of hydrogen-bond donors (Lipinski definition) is 1. The van der Waals surface area contributed by atoms with Gasteiger partial charge in [0.2, 0.25) is 5.91 Å². The van der Waals surface area contributed by atoms with Gasteiger partial charge in [0.1, 0.15) is 11.6 Å². The van der Waals surface area contributed by atoms with Gasteiger partial charge in [-0.05, 0) is 26.3 Å². The van der Waals surface area contributed by atoms with Gasteiger partial charge in [0.15, 0.2) is 0 Å². The SMILES string of the molecule is Cc1noc2ncc(NC(=O)[C@@H]3CCc4nnc(C)n4C3)cc12. The number of anilines is 1. The summed E-state index contributed by atoms with van der Waals surface area (Å²) in [5, 5.41) is 15.8. The van der Waals surface area contributed by atoms with Gasteiger partial charge in [-0.15, -0.1) is 10.2 Å². The summed E-state index contributed by atoms with van der Waals surface area (Å²) >= 11 is 0. The maximum absolute atomic E-state index is 12.5. The molecule has 1 N–H and O–H groups in total. The lowest BCUT2D eigenvalue weighted by atomic mass is 9.98. The van der Waals surface area contributed by atoms with Crippen LogP contribution in [0.5, 0.6) is 0 Å². The lowest BCUT2D eigenvalue weighted by Gasteiger charge is -2.23. The molecule has 1 amide bonds. The average Bonchev–Trinajstić information content (AvgIpc) is 3.11. The molecule has 0 unspecified atom stereocenters. The van der Waals surface area contributed by atoms with Crippen molar-refractivity contribution < 1.29 is 9.32 Å². The fraction of sp³-hybridized carbons (Fsp3) is 0.400. The molecule has 1 aliphatic heterocycles. The minimum Gasteiger partial charge on any atom is -0.336 e. The van der Waals surface area contributed by atoms with E-state index < -0.39 is 0 Å². The molecule has 8 heteroatoms. The molecule has 0 bridgehead atoms. The number of pyridine rings is 1. The highest BCUT2D eigenvalue weighted by Crippen LogP contribution is 2.23. The van der Waals surface area contributed by atoms with Gasteiger partial charge in [-0.1, -0.05) is 5.16 Å². The van der Waals surface area contributed by atoms with Gasteiger partial charge in [0, 0.05) is 13.0 Å². The molecule has 0 aliphatic carbocycles. The number of carbonyl (C=O) groups is 1. The van der Waals surface area contributed by atoms with Crippen LogP contribution in [-0.2, 0) is 17.8 Å². The maximum atomic E-state index is 12.5. The number of aryl methyl sites for hydroxylation is 3. The average molecular weight is 312 g/mol. The number of carbonyl (C=O) groups excluding carboxylic acids is 1. The second-order valence-electron chi connectivity index (χ2n) is 5.84. The largest absolute Gasteiger partial charge is 0.336 e. The van der Waals surface area contributed by atoms with E-state index in [-0.39, 0.29) is 11.8 Å². The zero-order chi connectivity index (χ0) is 16.0.